The van der Waals surface area contributed by atoms with Crippen molar-refractivity contribution in [2.45, 2.75) is 11.7 Å². The first-order valence-corrected chi connectivity index (χ1v) is 8.81. The fourth-order valence-corrected chi connectivity index (χ4v) is 4.28. The average Bonchev–Trinajstić information content (AvgIpc) is 2.89. The lowest BCUT2D eigenvalue weighted by Gasteiger charge is -2.09. The zero-order valence-electron chi connectivity index (χ0n) is 13.0. The molecular formula is C16H13Cl2N3O3S. The van der Waals surface area contributed by atoms with Gasteiger partial charge in [-0.15, -0.1) is 11.8 Å². The Bertz CT molecular complexity index is 836. The van der Waals surface area contributed by atoms with Crippen LogP contribution in [-0.4, -0.2) is 39.5 Å². The Morgan fingerprint density at radius 1 is 1.48 bits per heavy atom. The number of ether oxygens (including phenoxy) is 1. The average molecular weight is 398 g/mol. The van der Waals surface area contributed by atoms with E-state index < -0.39 is 5.97 Å². The van der Waals surface area contributed by atoms with Crippen molar-refractivity contribution in [1.82, 2.24) is 4.53 Å². The van der Waals surface area contributed by atoms with E-state index in [1.54, 1.807) is 12.3 Å². The van der Waals surface area contributed by atoms with E-state index in [9.17, 15) is 4.79 Å². The molecule has 1 aromatic carbocycles. The number of hydrogen-bond donors (Lipinski definition) is 1. The summed E-state index contributed by atoms with van der Waals surface area (Å²) in [6.45, 7) is 0. The Morgan fingerprint density at radius 3 is 2.92 bits per heavy atom. The topological polar surface area (TPSA) is 74.5 Å². The van der Waals surface area contributed by atoms with Crippen LogP contribution in [0.4, 0.5) is 0 Å². The van der Waals surface area contributed by atoms with Crippen LogP contribution >= 0.6 is 35.1 Å². The van der Waals surface area contributed by atoms with Crippen molar-refractivity contribution in [1.29, 1.82) is 0 Å². The molecule has 130 valence electrons. The SMILES string of the molecule is COC(=O)C(=NO)C1CC2=CC(c3ccccc3Cl)=NN(Cl)C=C2S1. The van der Waals surface area contributed by atoms with Gasteiger partial charge in [-0.25, -0.2) is 4.79 Å². The van der Waals surface area contributed by atoms with Crippen molar-refractivity contribution in [3.8, 4) is 0 Å². The van der Waals surface area contributed by atoms with Gasteiger partial charge in [-0.3, -0.25) is 0 Å². The molecule has 0 spiro atoms. The van der Waals surface area contributed by atoms with Crippen LogP contribution in [0.25, 0.3) is 0 Å². The monoisotopic (exact) mass is 397 g/mol. The van der Waals surface area contributed by atoms with Crippen molar-refractivity contribution in [3.05, 3.63) is 57.6 Å². The van der Waals surface area contributed by atoms with E-state index in [1.807, 2.05) is 24.3 Å². The third-order valence-corrected chi connectivity index (χ3v) is 5.48. The molecule has 1 N–H and O–H groups in total. The zero-order valence-corrected chi connectivity index (χ0v) is 15.3. The number of methoxy groups -OCH3 is 1. The second kappa shape index (κ2) is 7.51. The highest BCUT2D eigenvalue weighted by atomic mass is 35.5. The predicted octanol–water partition coefficient (Wildman–Crippen LogP) is 3.79. The normalized spacial score (nSPS) is 20.3. The molecule has 1 aromatic rings. The first-order valence-electron chi connectivity index (χ1n) is 7.21. The molecule has 0 aromatic heterocycles. The smallest absolute Gasteiger partial charge is 0.357 e. The van der Waals surface area contributed by atoms with E-state index >= 15 is 0 Å². The van der Waals surface area contributed by atoms with Crippen LogP contribution in [0.3, 0.4) is 0 Å². The van der Waals surface area contributed by atoms with Crippen molar-refractivity contribution >= 4 is 52.5 Å². The van der Waals surface area contributed by atoms with Gasteiger partial charge in [0.1, 0.15) is 0 Å². The molecule has 0 amide bonds. The van der Waals surface area contributed by atoms with Gasteiger partial charge >= 0.3 is 5.97 Å². The number of thioether (sulfide) groups is 1. The molecule has 0 aliphatic carbocycles. The predicted molar refractivity (Wildman–Crippen MR) is 99.1 cm³/mol. The third-order valence-electron chi connectivity index (χ3n) is 3.69. The second-order valence-electron chi connectivity index (χ2n) is 5.20. The summed E-state index contributed by atoms with van der Waals surface area (Å²) < 4.78 is 5.84. The number of allylic oxidation sites excluding steroid dienone is 2. The molecular weight excluding hydrogens is 385 g/mol. The van der Waals surface area contributed by atoms with E-state index in [2.05, 4.69) is 15.0 Å². The van der Waals surface area contributed by atoms with Crippen LogP contribution in [0, 0.1) is 0 Å². The minimum absolute atomic E-state index is 0.0419. The maximum absolute atomic E-state index is 11.8. The first kappa shape index (κ1) is 17.8. The summed E-state index contributed by atoms with van der Waals surface area (Å²) in [4.78, 5) is 12.6. The minimum atomic E-state index is -0.666. The lowest BCUT2D eigenvalue weighted by molar-refractivity contribution is -0.132. The molecule has 0 bridgehead atoms. The summed E-state index contributed by atoms with van der Waals surface area (Å²) in [5.74, 6) is -0.666. The van der Waals surface area contributed by atoms with Gasteiger partial charge in [0, 0.05) is 22.2 Å². The lowest BCUT2D eigenvalue weighted by Crippen LogP contribution is -2.25. The highest BCUT2D eigenvalue weighted by Gasteiger charge is 2.35. The molecule has 1 unspecified atom stereocenters. The highest BCUT2D eigenvalue weighted by molar-refractivity contribution is 8.05. The number of benzene rings is 1. The number of carbonyl (C=O) groups excluding carboxylic acids is 1. The van der Waals surface area contributed by atoms with Gasteiger partial charge in [-0.1, -0.05) is 35.0 Å². The molecule has 2 heterocycles. The van der Waals surface area contributed by atoms with Gasteiger partial charge in [0.05, 0.1) is 29.3 Å². The Hall–Kier alpha value is -1.96. The van der Waals surface area contributed by atoms with Crippen molar-refractivity contribution in [2.24, 2.45) is 10.3 Å². The maximum Gasteiger partial charge on any atom is 0.357 e. The molecule has 1 saturated heterocycles. The van der Waals surface area contributed by atoms with Gasteiger partial charge in [0.15, 0.2) is 5.71 Å². The minimum Gasteiger partial charge on any atom is -0.464 e. The fraction of sp³-hybridized carbons (Fsp3) is 0.188. The third kappa shape index (κ3) is 3.68. The quantitative estimate of drug-likeness (QED) is 0.276. The van der Waals surface area contributed by atoms with Crippen LogP contribution in [0.1, 0.15) is 12.0 Å². The zero-order chi connectivity index (χ0) is 18.0. The number of carbonyl (C=O) groups is 1. The Balaban J connectivity index is 1.96. The fourth-order valence-electron chi connectivity index (χ4n) is 2.53. The summed E-state index contributed by atoms with van der Waals surface area (Å²) in [5, 5.41) is 16.8. The van der Waals surface area contributed by atoms with Gasteiger partial charge in [-0.05, 0) is 24.1 Å². The number of rotatable bonds is 3. The number of esters is 1. The van der Waals surface area contributed by atoms with Crippen LogP contribution in [0.2, 0.25) is 5.02 Å². The van der Waals surface area contributed by atoms with Gasteiger partial charge in [-0.2, -0.15) is 9.63 Å². The molecule has 0 saturated carbocycles. The van der Waals surface area contributed by atoms with Crippen LogP contribution < -0.4 is 0 Å². The number of hydrazone groups is 1. The molecule has 2 aliphatic rings. The maximum atomic E-state index is 11.8. The summed E-state index contributed by atoms with van der Waals surface area (Å²) >= 11 is 13.8. The molecule has 25 heavy (non-hydrogen) atoms. The van der Waals surface area contributed by atoms with E-state index in [0.29, 0.717) is 17.2 Å². The number of fused-ring (bicyclic) bond motifs is 1. The van der Waals surface area contributed by atoms with Crippen molar-refractivity contribution in [2.75, 3.05) is 7.11 Å². The lowest BCUT2D eigenvalue weighted by atomic mass is 10.0. The largest absolute Gasteiger partial charge is 0.464 e. The standard InChI is InChI=1S/C16H13Cl2N3O3S/c1-24-16(22)15(20-23)13-7-9-6-12(10-4-2-3-5-11(10)17)19-21(18)8-14(9)25-13/h2-6,8,13,23H,7H2,1H3. The van der Waals surface area contributed by atoms with Gasteiger partial charge in [0.2, 0.25) is 0 Å². The van der Waals surface area contributed by atoms with E-state index in [1.165, 1.54) is 23.4 Å². The summed E-state index contributed by atoms with van der Waals surface area (Å²) in [6, 6.07) is 7.32. The summed E-state index contributed by atoms with van der Waals surface area (Å²) in [5.41, 5.74) is 2.22. The molecule has 0 radical (unpaired) electrons. The van der Waals surface area contributed by atoms with E-state index in [4.69, 9.17) is 28.6 Å². The van der Waals surface area contributed by atoms with E-state index in [0.717, 1.165) is 16.0 Å². The number of nitrogens with zero attached hydrogens (tertiary/aromatic N) is 3. The summed E-state index contributed by atoms with van der Waals surface area (Å²) in [6.07, 6.45) is 3.99. The van der Waals surface area contributed by atoms with Crippen molar-refractivity contribution in [3.63, 3.8) is 0 Å². The highest BCUT2D eigenvalue weighted by Crippen LogP contribution is 2.44. The van der Waals surface area contributed by atoms with E-state index in [-0.39, 0.29) is 11.0 Å². The molecule has 1 atom stereocenters. The Morgan fingerprint density at radius 2 is 2.24 bits per heavy atom. The van der Waals surface area contributed by atoms with Crippen LogP contribution in [-0.2, 0) is 9.53 Å². The van der Waals surface area contributed by atoms with Gasteiger partial charge in [0.25, 0.3) is 0 Å². The van der Waals surface area contributed by atoms with Crippen LogP contribution in [0.15, 0.2) is 57.3 Å². The number of halogens is 2. The molecule has 9 heteroatoms. The molecule has 6 nitrogen and oxygen atoms in total. The molecule has 1 fully saturated rings. The van der Waals surface area contributed by atoms with Crippen LogP contribution in [0.5, 0.6) is 0 Å². The summed E-state index contributed by atoms with van der Waals surface area (Å²) in [7, 11) is 1.24. The first-order chi connectivity index (χ1) is 12.0. The number of hydrogen-bond acceptors (Lipinski definition) is 7. The number of oxime groups is 1. The van der Waals surface area contributed by atoms with Crippen molar-refractivity contribution < 1.29 is 14.7 Å². The Kier molecular flexibility index (Phi) is 5.36. The molecule has 2 aliphatic heterocycles. The molecule has 3 rings (SSSR count). The Labute approximate surface area is 158 Å². The second-order valence-corrected chi connectivity index (χ2v) is 7.20. The van der Waals surface area contributed by atoms with Gasteiger partial charge < -0.3 is 9.94 Å².